The van der Waals surface area contributed by atoms with Crippen LogP contribution in [-0.4, -0.2) is 0 Å². The summed E-state index contributed by atoms with van der Waals surface area (Å²) >= 11 is 0. The van der Waals surface area contributed by atoms with Crippen LogP contribution in [-0.2, 0) is 0 Å². The highest BCUT2D eigenvalue weighted by atomic mass is 15.1. The van der Waals surface area contributed by atoms with Gasteiger partial charge in [0.1, 0.15) is 0 Å². The topological polar surface area (TPSA) is 3.24 Å². The minimum absolute atomic E-state index is 0.332. The molecule has 0 N–H and O–H groups in total. The average Bonchev–Trinajstić information content (AvgIpc) is 3.71. The molecule has 8 aromatic carbocycles. The molecule has 0 atom stereocenters. The van der Waals surface area contributed by atoms with Crippen molar-refractivity contribution in [3.8, 4) is 55.6 Å². The Morgan fingerprint density at radius 1 is 0.280 bits per heavy atom. The number of hydrogen-bond acceptors (Lipinski definition) is 1. The van der Waals surface area contributed by atoms with Gasteiger partial charge in [0, 0.05) is 23.0 Å². The van der Waals surface area contributed by atoms with Crippen molar-refractivity contribution in [3.05, 3.63) is 211 Å². The number of hydrogen-bond donors (Lipinski definition) is 0. The van der Waals surface area contributed by atoms with Crippen LogP contribution in [0.2, 0.25) is 0 Å². The first-order chi connectivity index (χ1) is 24.8. The second-order valence-electron chi connectivity index (χ2n) is 13.3. The fourth-order valence-corrected chi connectivity index (χ4v) is 8.16. The molecule has 1 heteroatoms. The third kappa shape index (κ3) is 4.63. The Morgan fingerprint density at radius 2 is 0.620 bits per heavy atom. The molecule has 0 saturated carbocycles. The van der Waals surface area contributed by atoms with Gasteiger partial charge in [-0.15, -0.1) is 0 Å². The predicted octanol–water partition coefficient (Wildman–Crippen LogP) is 13.3. The van der Waals surface area contributed by atoms with Gasteiger partial charge in [0.25, 0.3) is 0 Å². The van der Waals surface area contributed by atoms with Gasteiger partial charge in [0.05, 0.1) is 0 Å². The van der Waals surface area contributed by atoms with E-state index >= 15 is 0 Å². The van der Waals surface area contributed by atoms with E-state index in [0.717, 1.165) is 17.1 Å². The first-order valence-electron chi connectivity index (χ1n) is 17.4. The number of rotatable bonds is 6. The molecule has 0 amide bonds. The van der Waals surface area contributed by atoms with Gasteiger partial charge in [-0.05, 0) is 121 Å². The summed E-state index contributed by atoms with van der Waals surface area (Å²) in [6, 6.07) is 70.8. The minimum atomic E-state index is 0.332. The van der Waals surface area contributed by atoms with Gasteiger partial charge in [-0.25, -0.2) is 0 Å². The molecule has 0 unspecified atom stereocenters. The first kappa shape index (κ1) is 28.6. The van der Waals surface area contributed by atoms with Crippen LogP contribution < -0.4 is 4.90 Å². The molecular weight excluding hydrogens is 603 g/mol. The van der Waals surface area contributed by atoms with Gasteiger partial charge in [-0.2, -0.15) is 0 Å². The second-order valence-corrected chi connectivity index (χ2v) is 13.3. The van der Waals surface area contributed by atoms with Gasteiger partial charge < -0.3 is 4.90 Å². The van der Waals surface area contributed by atoms with Crippen LogP contribution in [0.15, 0.2) is 194 Å². The molecule has 0 radical (unpaired) electrons. The summed E-state index contributed by atoms with van der Waals surface area (Å²) in [4.78, 5) is 2.35. The van der Waals surface area contributed by atoms with Gasteiger partial charge in [-0.3, -0.25) is 0 Å². The molecule has 0 heterocycles. The van der Waals surface area contributed by atoms with Crippen LogP contribution in [0.1, 0.15) is 22.6 Å². The lowest BCUT2D eigenvalue weighted by Gasteiger charge is -2.26. The van der Waals surface area contributed by atoms with Gasteiger partial charge in [-0.1, -0.05) is 146 Å². The Bertz CT molecular complexity index is 2340. The first-order valence-corrected chi connectivity index (χ1v) is 17.4. The average molecular weight is 636 g/mol. The zero-order valence-electron chi connectivity index (χ0n) is 27.5. The van der Waals surface area contributed by atoms with Crippen molar-refractivity contribution in [2.75, 3.05) is 4.90 Å². The van der Waals surface area contributed by atoms with Crippen molar-refractivity contribution < 1.29 is 0 Å². The van der Waals surface area contributed by atoms with E-state index in [-0.39, 0.29) is 0 Å². The van der Waals surface area contributed by atoms with Crippen molar-refractivity contribution in [2.45, 2.75) is 5.92 Å². The molecule has 2 aliphatic rings. The highest BCUT2D eigenvalue weighted by molar-refractivity contribution is 5.97. The van der Waals surface area contributed by atoms with Crippen LogP contribution >= 0.6 is 0 Å². The molecule has 2 aliphatic carbocycles. The van der Waals surface area contributed by atoms with E-state index in [2.05, 4.69) is 199 Å². The lowest BCUT2D eigenvalue weighted by molar-refractivity contribution is 1.05. The zero-order valence-corrected chi connectivity index (χ0v) is 27.5. The van der Waals surface area contributed by atoms with E-state index in [4.69, 9.17) is 0 Å². The molecule has 0 aliphatic heterocycles. The normalized spacial score (nSPS) is 12.3. The quantitative estimate of drug-likeness (QED) is 0.176. The number of anilines is 3. The highest BCUT2D eigenvalue weighted by Crippen LogP contribution is 2.58. The van der Waals surface area contributed by atoms with Crippen molar-refractivity contribution in [3.63, 3.8) is 0 Å². The lowest BCUT2D eigenvalue weighted by atomic mass is 9.93. The maximum absolute atomic E-state index is 2.42. The molecule has 234 valence electrons. The zero-order chi connectivity index (χ0) is 33.0. The van der Waals surface area contributed by atoms with E-state index in [0.29, 0.717) is 5.92 Å². The number of benzene rings is 8. The highest BCUT2D eigenvalue weighted by Gasteiger charge is 2.38. The monoisotopic (exact) mass is 635 g/mol. The standard InChI is InChI=1S/C49H33N/c1-3-11-33(12-4-1)35-19-25-39(26-20-35)50(40-27-21-36(22-28-40)34-13-5-2-6-14-34)41-29-23-37(24-30-41)38-31-46-42-15-7-9-17-44(42)48-45-18-10-8-16-43(45)47(32-38)49(46)48/h1-32,48H. The molecular formula is C49H33N. The van der Waals surface area contributed by atoms with Crippen LogP contribution in [0.25, 0.3) is 55.6 Å². The molecule has 8 aromatic rings. The molecule has 50 heavy (non-hydrogen) atoms. The maximum Gasteiger partial charge on any atom is 0.0462 e. The van der Waals surface area contributed by atoms with Gasteiger partial charge in [0.15, 0.2) is 0 Å². The maximum atomic E-state index is 2.42. The van der Waals surface area contributed by atoms with E-state index in [1.54, 1.807) is 0 Å². The van der Waals surface area contributed by atoms with E-state index in [1.165, 1.54) is 72.3 Å². The summed E-state index contributed by atoms with van der Waals surface area (Å²) in [6.45, 7) is 0. The smallest absolute Gasteiger partial charge is 0.0462 e. The summed E-state index contributed by atoms with van der Waals surface area (Å²) in [5.41, 5.74) is 20.5. The molecule has 0 saturated heterocycles. The molecule has 0 bridgehead atoms. The SMILES string of the molecule is c1ccc(-c2ccc(N(c3ccc(-c4ccccc4)cc3)c3ccc(-c4cc5c6c(c4)-c4ccccc4C6c4ccccc4-5)cc3)cc2)cc1. The van der Waals surface area contributed by atoms with Gasteiger partial charge >= 0.3 is 0 Å². The van der Waals surface area contributed by atoms with Crippen LogP contribution in [0.5, 0.6) is 0 Å². The van der Waals surface area contributed by atoms with Crippen molar-refractivity contribution in [1.29, 1.82) is 0 Å². The summed E-state index contributed by atoms with van der Waals surface area (Å²) in [7, 11) is 0. The van der Waals surface area contributed by atoms with Gasteiger partial charge in [0.2, 0.25) is 0 Å². The Hall–Kier alpha value is -6.44. The molecule has 0 spiro atoms. The molecule has 0 fully saturated rings. The summed E-state index contributed by atoms with van der Waals surface area (Å²) in [6.07, 6.45) is 0. The Labute approximate surface area is 293 Å². The largest absolute Gasteiger partial charge is 0.311 e. The Kier molecular flexibility index (Phi) is 6.63. The van der Waals surface area contributed by atoms with E-state index in [9.17, 15) is 0 Å². The lowest BCUT2D eigenvalue weighted by Crippen LogP contribution is -2.09. The third-order valence-corrected chi connectivity index (χ3v) is 10.5. The van der Waals surface area contributed by atoms with Crippen LogP contribution in [0.3, 0.4) is 0 Å². The predicted molar refractivity (Wildman–Crippen MR) is 209 cm³/mol. The van der Waals surface area contributed by atoms with E-state index in [1.807, 2.05) is 0 Å². The number of fused-ring (bicyclic) bond motifs is 6. The van der Waals surface area contributed by atoms with Crippen molar-refractivity contribution in [1.82, 2.24) is 0 Å². The Balaban J connectivity index is 1.05. The van der Waals surface area contributed by atoms with Crippen LogP contribution in [0.4, 0.5) is 17.1 Å². The van der Waals surface area contributed by atoms with Crippen molar-refractivity contribution in [2.24, 2.45) is 0 Å². The Morgan fingerprint density at radius 3 is 1.04 bits per heavy atom. The molecule has 0 aromatic heterocycles. The fraction of sp³-hybridized carbons (Fsp3) is 0.0204. The summed E-state index contributed by atoms with van der Waals surface area (Å²) in [5, 5.41) is 0. The second kappa shape index (κ2) is 11.6. The van der Waals surface area contributed by atoms with E-state index < -0.39 is 0 Å². The van der Waals surface area contributed by atoms with Crippen LogP contribution in [0, 0.1) is 0 Å². The summed E-state index contributed by atoms with van der Waals surface area (Å²) in [5.74, 6) is 0.332. The summed E-state index contributed by atoms with van der Waals surface area (Å²) < 4.78 is 0. The van der Waals surface area contributed by atoms with Crippen molar-refractivity contribution >= 4 is 17.1 Å². The third-order valence-electron chi connectivity index (χ3n) is 10.5. The molecule has 1 nitrogen and oxygen atoms in total. The molecule has 10 rings (SSSR count). The minimum Gasteiger partial charge on any atom is -0.311 e. The fourth-order valence-electron chi connectivity index (χ4n) is 8.16. The number of nitrogens with zero attached hydrogens (tertiary/aromatic N) is 1.